The average molecular weight is 321 g/mol. The number of carbonyl (C=O) groups excluding carboxylic acids is 1. The van der Waals surface area contributed by atoms with E-state index < -0.39 is 0 Å². The lowest BCUT2D eigenvalue weighted by atomic mass is 10.2. The average Bonchev–Trinajstić information content (AvgIpc) is 2.52. The van der Waals surface area contributed by atoms with Crippen molar-refractivity contribution in [3.63, 3.8) is 0 Å². The molecule has 0 bridgehead atoms. The zero-order valence-corrected chi connectivity index (χ0v) is 14.3. The second-order valence-corrected chi connectivity index (χ2v) is 6.10. The topological polar surface area (TPSA) is 62.8 Å². The molecule has 2 amide bonds. The molecule has 1 aliphatic rings. The number of nitrogens with zero attached hydrogens (tertiary/aromatic N) is 1. The third-order valence-electron chi connectivity index (χ3n) is 3.98. The van der Waals surface area contributed by atoms with Gasteiger partial charge in [-0.15, -0.1) is 0 Å². The Kier molecular flexibility index (Phi) is 6.24. The van der Waals surface area contributed by atoms with Gasteiger partial charge in [-0.2, -0.15) is 0 Å². The van der Waals surface area contributed by atoms with Crippen LogP contribution in [0.5, 0.6) is 5.75 Å². The van der Waals surface area contributed by atoms with Crippen LogP contribution in [0.15, 0.2) is 24.3 Å². The molecule has 128 valence electrons. The Bertz CT molecular complexity index is 514. The lowest BCUT2D eigenvalue weighted by molar-refractivity contribution is -0.0777. The first-order valence-electron chi connectivity index (χ1n) is 8.07. The fraction of sp³-hybridized carbons (Fsp3) is 0.588. The van der Waals surface area contributed by atoms with Gasteiger partial charge in [0.25, 0.3) is 0 Å². The van der Waals surface area contributed by atoms with Gasteiger partial charge in [-0.25, -0.2) is 4.79 Å². The van der Waals surface area contributed by atoms with Gasteiger partial charge in [0, 0.05) is 25.7 Å². The lowest BCUT2D eigenvalue weighted by Gasteiger charge is -2.38. The van der Waals surface area contributed by atoms with E-state index in [1.165, 1.54) is 0 Å². The first-order chi connectivity index (χ1) is 11.0. The van der Waals surface area contributed by atoms with Crippen LogP contribution in [-0.4, -0.2) is 55.9 Å². The van der Waals surface area contributed by atoms with E-state index in [2.05, 4.69) is 36.3 Å². The highest BCUT2D eigenvalue weighted by Gasteiger charge is 2.25. The molecule has 1 saturated heterocycles. The van der Waals surface area contributed by atoms with E-state index in [0.29, 0.717) is 18.0 Å². The van der Waals surface area contributed by atoms with E-state index in [9.17, 15) is 4.79 Å². The van der Waals surface area contributed by atoms with E-state index in [1.54, 1.807) is 7.11 Å². The monoisotopic (exact) mass is 321 g/mol. The van der Waals surface area contributed by atoms with E-state index in [4.69, 9.17) is 9.47 Å². The standard InChI is InChI=1S/C17H27N3O3/c1-12(20-10-13(2)23-14(3)11-20)9-18-17(21)19-15-7-5-6-8-16(15)22-4/h5-8,12-14H,9-11H2,1-4H3,(H2,18,19,21)/t12-,13-,14+/m0/s1. The summed E-state index contributed by atoms with van der Waals surface area (Å²) in [7, 11) is 1.58. The Morgan fingerprint density at radius 3 is 2.65 bits per heavy atom. The van der Waals surface area contributed by atoms with Crippen molar-refractivity contribution in [2.75, 3.05) is 32.1 Å². The molecule has 1 heterocycles. The number of amides is 2. The minimum atomic E-state index is -0.226. The predicted octanol–water partition coefficient (Wildman–Crippen LogP) is 2.31. The van der Waals surface area contributed by atoms with Gasteiger partial charge < -0.3 is 20.1 Å². The van der Waals surface area contributed by atoms with Gasteiger partial charge in [-0.1, -0.05) is 12.1 Å². The Morgan fingerprint density at radius 2 is 2.00 bits per heavy atom. The molecule has 0 spiro atoms. The lowest BCUT2D eigenvalue weighted by Crippen LogP contribution is -2.52. The number of rotatable bonds is 5. The summed E-state index contributed by atoms with van der Waals surface area (Å²) in [4.78, 5) is 14.4. The summed E-state index contributed by atoms with van der Waals surface area (Å²) >= 11 is 0. The van der Waals surface area contributed by atoms with Crippen LogP contribution >= 0.6 is 0 Å². The van der Waals surface area contributed by atoms with Crippen LogP contribution in [0.2, 0.25) is 0 Å². The van der Waals surface area contributed by atoms with Crippen molar-refractivity contribution >= 4 is 11.7 Å². The first kappa shape index (κ1) is 17.6. The van der Waals surface area contributed by atoms with Gasteiger partial charge in [-0.3, -0.25) is 4.90 Å². The summed E-state index contributed by atoms with van der Waals surface area (Å²) in [6.45, 7) is 8.64. The first-order valence-corrected chi connectivity index (χ1v) is 8.07. The van der Waals surface area contributed by atoms with E-state index >= 15 is 0 Å². The fourth-order valence-electron chi connectivity index (χ4n) is 2.86. The third kappa shape index (κ3) is 5.11. The maximum Gasteiger partial charge on any atom is 0.319 e. The van der Waals surface area contributed by atoms with E-state index in [-0.39, 0.29) is 24.3 Å². The quantitative estimate of drug-likeness (QED) is 0.873. The van der Waals surface area contributed by atoms with Crippen molar-refractivity contribution in [3.05, 3.63) is 24.3 Å². The Labute approximate surface area is 138 Å². The van der Waals surface area contributed by atoms with Crippen LogP contribution in [0.25, 0.3) is 0 Å². The number of anilines is 1. The maximum atomic E-state index is 12.1. The summed E-state index contributed by atoms with van der Waals surface area (Å²) in [5.41, 5.74) is 0.661. The minimum Gasteiger partial charge on any atom is -0.495 e. The molecule has 0 radical (unpaired) electrons. The van der Waals surface area contributed by atoms with Crippen molar-refractivity contribution in [2.45, 2.75) is 39.0 Å². The van der Waals surface area contributed by atoms with Crippen LogP contribution in [0.4, 0.5) is 10.5 Å². The fourth-order valence-corrected chi connectivity index (χ4v) is 2.86. The maximum absolute atomic E-state index is 12.1. The Morgan fingerprint density at radius 1 is 1.35 bits per heavy atom. The highest BCUT2D eigenvalue weighted by atomic mass is 16.5. The highest BCUT2D eigenvalue weighted by molar-refractivity contribution is 5.90. The van der Waals surface area contributed by atoms with Crippen molar-refractivity contribution in [3.8, 4) is 5.75 Å². The third-order valence-corrected chi connectivity index (χ3v) is 3.98. The molecule has 3 atom stereocenters. The zero-order chi connectivity index (χ0) is 16.8. The number of carbonyl (C=O) groups is 1. The molecule has 1 aromatic carbocycles. The summed E-state index contributed by atoms with van der Waals surface area (Å²) in [5.74, 6) is 0.645. The van der Waals surface area contributed by atoms with Crippen molar-refractivity contribution in [1.29, 1.82) is 0 Å². The van der Waals surface area contributed by atoms with Crippen LogP contribution in [-0.2, 0) is 4.74 Å². The molecule has 1 aromatic rings. The number of benzene rings is 1. The van der Waals surface area contributed by atoms with Crippen molar-refractivity contribution in [2.24, 2.45) is 0 Å². The van der Waals surface area contributed by atoms with Crippen molar-refractivity contribution < 1.29 is 14.3 Å². The number of urea groups is 1. The molecule has 1 fully saturated rings. The molecular formula is C17H27N3O3. The summed E-state index contributed by atoms with van der Waals surface area (Å²) in [5, 5.41) is 5.74. The second-order valence-electron chi connectivity index (χ2n) is 6.10. The molecule has 2 rings (SSSR count). The number of nitrogens with one attached hydrogen (secondary N) is 2. The number of hydrogen-bond acceptors (Lipinski definition) is 4. The molecule has 0 saturated carbocycles. The molecular weight excluding hydrogens is 294 g/mol. The summed E-state index contributed by atoms with van der Waals surface area (Å²) < 4.78 is 11.0. The van der Waals surface area contributed by atoms with Crippen molar-refractivity contribution in [1.82, 2.24) is 10.2 Å². The van der Waals surface area contributed by atoms with E-state index in [0.717, 1.165) is 13.1 Å². The molecule has 1 aliphatic heterocycles. The van der Waals surface area contributed by atoms with Crippen LogP contribution < -0.4 is 15.4 Å². The minimum absolute atomic E-state index is 0.226. The SMILES string of the molecule is COc1ccccc1NC(=O)NC[C@H](C)N1C[C@@H](C)O[C@@H](C)C1. The smallest absolute Gasteiger partial charge is 0.319 e. The molecule has 0 aliphatic carbocycles. The number of morpholine rings is 1. The molecule has 6 heteroatoms. The number of hydrogen-bond donors (Lipinski definition) is 2. The molecule has 0 aromatic heterocycles. The second kappa shape index (κ2) is 8.17. The van der Waals surface area contributed by atoms with Gasteiger partial charge in [0.05, 0.1) is 25.0 Å². The molecule has 6 nitrogen and oxygen atoms in total. The summed E-state index contributed by atoms with van der Waals surface area (Å²) in [6.07, 6.45) is 0.451. The summed E-state index contributed by atoms with van der Waals surface area (Å²) in [6, 6.07) is 7.38. The van der Waals surface area contributed by atoms with E-state index in [1.807, 2.05) is 24.3 Å². The largest absolute Gasteiger partial charge is 0.495 e. The van der Waals surface area contributed by atoms with Crippen LogP contribution in [0.1, 0.15) is 20.8 Å². The predicted molar refractivity (Wildman–Crippen MR) is 91.1 cm³/mol. The highest BCUT2D eigenvalue weighted by Crippen LogP contribution is 2.22. The van der Waals surface area contributed by atoms with Crippen LogP contribution in [0, 0.1) is 0 Å². The number of methoxy groups -OCH3 is 1. The van der Waals surface area contributed by atoms with Gasteiger partial charge >= 0.3 is 6.03 Å². The Balaban J connectivity index is 1.82. The zero-order valence-electron chi connectivity index (χ0n) is 14.3. The molecule has 2 N–H and O–H groups in total. The number of para-hydroxylation sites is 2. The van der Waals surface area contributed by atoms with Gasteiger partial charge in [0.1, 0.15) is 5.75 Å². The Hall–Kier alpha value is -1.79. The van der Waals surface area contributed by atoms with Gasteiger partial charge in [-0.05, 0) is 32.9 Å². The molecule has 23 heavy (non-hydrogen) atoms. The normalized spacial score (nSPS) is 23.1. The number of ether oxygens (including phenoxy) is 2. The van der Waals surface area contributed by atoms with Gasteiger partial charge in [0.2, 0.25) is 0 Å². The molecule has 0 unspecified atom stereocenters. The van der Waals surface area contributed by atoms with Gasteiger partial charge in [0.15, 0.2) is 0 Å². The van der Waals surface area contributed by atoms with Crippen LogP contribution in [0.3, 0.4) is 0 Å².